The number of nitrogens with one attached hydrogen (secondary N) is 1. The molecule has 0 bridgehead atoms. The molecule has 0 atom stereocenters. The van der Waals surface area contributed by atoms with Gasteiger partial charge >= 0.3 is 0 Å². The molecule has 3 rings (SSSR count). The van der Waals surface area contributed by atoms with Crippen molar-refractivity contribution in [3.05, 3.63) is 24.4 Å². The van der Waals surface area contributed by atoms with Gasteiger partial charge in [-0.1, -0.05) is 19.4 Å². The van der Waals surface area contributed by atoms with Crippen LogP contribution in [0, 0.1) is 5.92 Å². The number of rotatable bonds is 4. The molecule has 2 aliphatic rings. The van der Waals surface area contributed by atoms with E-state index in [1.807, 2.05) is 12.3 Å². The first-order chi connectivity index (χ1) is 10.3. The molecule has 1 saturated carbocycles. The van der Waals surface area contributed by atoms with E-state index < -0.39 is 0 Å². The van der Waals surface area contributed by atoms with Crippen LogP contribution in [0.5, 0.6) is 0 Å². The highest BCUT2D eigenvalue weighted by molar-refractivity contribution is 5.38. The molecule has 3 heteroatoms. The minimum Gasteiger partial charge on any atom is -0.357 e. The fourth-order valence-electron chi connectivity index (χ4n) is 3.89. The number of aromatic nitrogens is 1. The highest BCUT2D eigenvalue weighted by Crippen LogP contribution is 2.27. The summed E-state index contributed by atoms with van der Waals surface area (Å²) in [7, 11) is 0. The molecule has 2 fully saturated rings. The lowest BCUT2D eigenvalue weighted by atomic mass is 9.84. The van der Waals surface area contributed by atoms with Crippen molar-refractivity contribution in [2.24, 2.45) is 5.92 Å². The summed E-state index contributed by atoms with van der Waals surface area (Å²) in [5, 5.41) is 3.93. The lowest BCUT2D eigenvalue weighted by molar-refractivity contribution is 0.256. The average Bonchev–Trinajstić information content (AvgIpc) is 2.57. The lowest BCUT2D eigenvalue weighted by Gasteiger charge is -2.37. The molecule has 1 aliphatic carbocycles. The Morgan fingerprint density at radius 1 is 1.05 bits per heavy atom. The second kappa shape index (κ2) is 7.26. The first kappa shape index (κ1) is 14.8. The summed E-state index contributed by atoms with van der Waals surface area (Å²) in [5.41, 5.74) is 0. The van der Waals surface area contributed by atoms with Gasteiger partial charge in [-0.3, -0.25) is 0 Å². The molecule has 0 unspecified atom stereocenters. The van der Waals surface area contributed by atoms with Gasteiger partial charge in [0, 0.05) is 31.4 Å². The third kappa shape index (κ3) is 3.97. The summed E-state index contributed by atoms with van der Waals surface area (Å²) in [4.78, 5) is 6.89. The van der Waals surface area contributed by atoms with Gasteiger partial charge in [0.1, 0.15) is 5.82 Å². The van der Waals surface area contributed by atoms with Crippen LogP contribution >= 0.6 is 0 Å². The van der Waals surface area contributed by atoms with Gasteiger partial charge in [0.15, 0.2) is 0 Å². The fourth-order valence-corrected chi connectivity index (χ4v) is 3.89. The molecule has 116 valence electrons. The second-order valence-electron chi connectivity index (χ2n) is 6.74. The van der Waals surface area contributed by atoms with Gasteiger partial charge in [0.2, 0.25) is 0 Å². The molecule has 0 amide bonds. The minimum atomic E-state index is 0.716. The van der Waals surface area contributed by atoms with Crippen molar-refractivity contribution in [1.29, 1.82) is 0 Å². The topological polar surface area (TPSA) is 28.2 Å². The van der Waals surface area contributed by atoms with Crippen molar-refractivity contribution in [3.8, 4) is 0 Å². The number of hydrogen-bond acceptors (Lipinski definition) is 3. The van der Waals surface area contributed by atoms with Crippen LogP contribution in [0.4, 0.5) is 5.82 Å². The monoisotopic (exact) mass is 287 g/mol. The van der Waals surface area contributed by atoms with Crippen molar-refractivity contribution in [2.75, 3.05) is 18.0 Å². The Morgan fingerprint density at radius 2 is 1.76 bits per heavy atom. The summed E-state index contributed by atoms with van der Waals surface area (Å²) in [5.74, 6) is 2.13. The van der Waals surface area contributed by atoms with Crippen LogP contribution < -0.4 is 10.2 Å². The van der Waals surface area contributed by atoms with Gasteiger partial charge in [-0.2, -0.15) is 0 Å². The van der Waals surface area contributed by atoms with Crippen LogP contribution in [-0.2, 0) is 0 Å². The Kier molecular flexibility index (Phi) is 5.13. The smallest absolute Gasteiger partial charge is 0.128 e. The third-order valence-electron chi connectivity index (χ3n) is 5.36. The van der Waals surface area contributed by atoms with E-state index in [0.717, 1.165) is 30.9 Å². The molecule has 0 aromatic carbocycles. The second-order valence-corrected chi connectivity index (χ2v) is 6.74. The largest absolute Gasteiger partial charge is 0.357 e. The van der Waals surface area contributed by atoms with Crippen molar-refractivity contribution in [2.45, 2.75) is 64.0 Å². The van der Waals surface area contributed by atoms with Crippen molar-refractivity contribution in [1.82, 2.24) is 10.3 Å². The number of anilines is 1. The maximum Gasteiger partial charge on any atom is 0.128 e. The van der Waals surface area contributed by atoms with Gasteiger partial charge in [-0.25, -0.2) is 4.98 Å². The van der Waals surface area contributed by atoms with Gasteiger partial charge in [0.05, 0.1) is 0 Å². The van der Waals surface area contributed by atoms with Crippen molar-refractivity contribution in [3.63, 3.8) is 0 Å². The van der Waals surface area contributed by atoms with Crippen LogP contribution in [0.3, 0.4) is 0 Å². The molecule has 1 aliphatic heterocycles. The van der Waals surface area contributed by atoms with Gasteiger partial charge in [0.25, 0.3) is 0 Å². The molecule has 2 heterocycles. The number of nitrogens with zero attached hydrogens (tertiary/aromatic N) is 2. The number of piperidine rings is 1. The maximum absolute atomic E-state index is 4.47. The van der Waals surface area contributed by atoms with Crippen molar-refractivity contribution < 1.29 is 0 Å². The van der Waals surface area contributed by atoms with E-state index >= 15 is 0 Å². The van der Waals surface area contributed by atoms with E-state index in [0.29, 0.717) is 6.04 Å². The molecule has 3 nitrogen and oxygen atoms in total. The van der Waals surface area contributed by atoms with Gasteiger partial charge < -0.3 is 10.2 Å². The molecular formula is C18H29N3. The van der Waals surface area contributed by atoms with E-state index in [1.165, 1.54) is 44.9 Å². The van der Waals surface area contributed by atoms with Crippen LogP contribution in [0.2, 0.25) is 0 Å². The normalized spacial score (nSPS) is 27.8. The van der Waals surface area contributed by atoms with E-state index in [-0.39, 0.29) is 0 Å². The molecule has 1 saturated heterocycles. The number of pyridine rings is 1. The molecule has 0 spiro atoms. The molecule has 1 aromatic rings. The molecule has 1 N–H and O–H groups in total. The standard InChI is InChI=1S/C18H29N3/c1-2-15-6-8-16(9-7-15)20-17-10-13-21(14-11-17)18-5-3-4-12-19-18/h3-5,12,15-17,20H,2,6-11,13-14H2,1H3. The SMILES string of the molecule is CCC1CCC(NC2CCN(c3ccccn3)CC2)CC1. The lowest BCUT2D eigenvalue weighted by Crippen LogP contribution is -2.47. The molecule has 21 heavy (non-hydrogen) atoms. The summed E-state index contributed by atoms with van der Waals surface area (Å²) in [6, 6.07) is 7.69. The minimum absolute atomic E-state index is 0.716. The summed E-state index contributed by atoms with van der Waals surface area (Å²) >= 11 is 0. The Bertz CT molecular complexity index is 404. The van der Waals surface area contributed by atoms with E-state index in [4.69, 9.17) is 0 Å². The van der Waals surface area contributed by atoms with Crippen LogP contribution in [0.25, 0.3) is 0 Å². The molecule has 0 radical (unpaired) electrons. The predicted octanol–water partition coefficient (Wildman–Crippen LogP) is 3.61. The van der Waals surface area contributed by atoms with E-state index in [1.54, 1.807) is 0 Å². The first-order valence-electron chi connectivity index (χ1n) is 8.77. The zero-order valence-corrected chi connectivity index (χ0v) is 13.3. The summed E-state index contributed by atoms with van der Waals surface area (Å²) in [6.07, 6.45) is 11.4. The predicted molar refractivity (Wildman–Crippen MR) is 88.6 cm³/mol. The third-order valence-corrected chi connectivity index (χ3v) is 5.36. The average molecular weight is 287 g/mol. The number of hydrogen-bond donors (Lipinski definition) is 1. The Labute approximate surface area is 129 Å². The van der Waals surface area contributed by atoms with Crippen LogP contribution in [0.1, 0.15) is 51.9 Å². The van der Waals surface area contributed by atoms with Gasteiger partial charge in [-0.15, -0.1) is 0 Å². The zero-order chi connectivity index (χ0) is 14.5. The van der Waals surface area contributed by atoms with Crippen LogP contribution in [-0.4, -0.2) is 30.2 Å². The Morgan fingerprint density at radius 3 is 2.38 bits per heavy atom. The van der Waals surface area contributed by atoms with Crippen molar-refractivity contribution >= 4 is 5.82 Å². The fraction of sp³-hybridized carbons (Fsp3) is 0.722. The Hall–Kier alpha value is -1.09. The maximum atomic E-state index is 4.47. The zero-order valence-electron chi connectivity index (χ0n) is 13.3. The summed E-state index contributed by atoms with van der Waals surface area (Å²) in [6.45, 7) is 4.61. The highest BCUT2D eigenvalue weighted by atomic mass is 15.2. The molecular weight excluding hydrogens is 258 g/mol. The quantitative estimate of drug-likeness (QED) is 0.917. The summed E-state index contributed by atoms with van der Waals surface area (Å²) < 4.78 is 0. The molecule has 1 aromatic heterocycles. The van der Waals surface area contributed by atoms with Crippen LogP contribution in [0.15, 0.2) is 24.4 Å². The van der Waals surface area contributed by atoms with E-state index in [9.17, 15) is 0 Å². The Balaban J connectivity index is 1.42. The van der Waals surface area contributed by atoms with Gasteiger partial charge in [-0.05, 0) is 56.6 Å². The first-order valence-corrected chi connectivity index (χ1v) is 8.77. The van der Waals surface area contributed by atoms with E-state index in [2.05, 4.69) is 34.3 Å². The highest BCUT2D eigenvalue weighted by Gasteiger charge is 2.25.